The number of nitrogens with zero attached hydrogens (tertiary/aromatic N) is 2. The molecule has 2 rings (SSSR count). The molecule has 5 nitrogen and oxygen atoms in total. The number of nitrogens with one attached hydrogen (secondary N) is 2. The number of amides is 1. The van der Waals surface area contributed by atoms with E-state index in [2.05, 4.69) is 43.7 Å². The summed E-state index contributed by atoms with van der Waals surface area (Å²) in [5.41, 5.74) is 0.936. The van der Waals surface area contributed by atoms with Gasteiger partial charge in [-0.3, -0.25) is 4.79 Å². The number of hydrogen-bond donors (Lipinski definition) is 2. The lowest BCUT2D eigenvalue weighted by Gasteiger charge is -2.07. The molecular formula is C16H19BrN4O. The Bertz CT molecular complexity index is 616. The third kappa shape index (κ3) is 5.11. The van der Waals surface area contributed by atoms with Crippen LogP contribution in [0, 0.1) is 0 Å². The van der Waals surface area contributed by atoms with Gasteiger partial charge in [0.2, 0.25) is 5.91 Å². The van der Waals surface area contributed by atoms with Crippen LogP contribution in [0.25, 0.3) is 0 Å². The van der Waals surface area contributed by atoms with Crippen LogP contribution in [-0.2, 0) is 11.2 Å². The lowest BCUT2D eigenvalue weighted by atomic mass is 10.1. The minimum absolute atomic E-state index is 0.118. The predicted octanol–water partition coefficient (Wildman–Crippen LogP) is 3.63. The molecule has 2 N–H and O–H groups in total. The molecule has 1 heterocycles. The van der Waals surface area contributed by atoms with Crippen LogP contribution in [0.5, 0.6) is 0 Å². The average Bonchev–Trinajstić information content (AvgIpc) is 2.51. The van der Waals surface area contributed by atoms with E-state index >= 15 is 0 Å². The molecule has 1 amide bonds. The van der Waals surface area contributed by atoms with Gasteiger partial charge >= 0.3 is 0 Å². The summed E-state index contributed by atoms with van der Waals surface area (Å²) in [5, 5.41) is 14.0. The van der Waals surface area contributed by atoms with E-state index in [4.69, 9.17) is 0 Å². The first-order valence-corrected chi connectivity index (χ1v) is 8.09. The third-order valence-corrected chi connectivity index (χ3v) is 3.85. The molecule has 22 heavy (non-hydrogen) atoms. The maximum absolute atomic E-state index is 12.0. The molecule has 0 spiro atoms. The first-order valence-electron chi connectivity index (χ1n) is 7.30. The summed E-state index contributed by atoms with van der Waals surface area (Å²) in [7, 11) is 0. The molecule has 0 aliphatic heterocycles. The van der Waals surface area contributed by atoms with Crippen LogP contribution < -0.4 is 10.6 Å². The van der Waals surface area contributed by atoms with Gasteiger partial charge in [0.25, 0.3) is 0 Å². The van der Waals surface area contributed by atoms with E-state index in [0.717, 1.165) is 35.2 Å². The minimum atomic E-state index is -0.118. The van der Waals surface area contributed by atoms with Crippen molar-refractivity contribution in [3.05, 3.63) is 46.4 Å². The summed E-state index contributed by atoms with van der Waals surface area (Å²) in [6.45, 7) is 3.01. The smallest absolute Gasteiger partial charge is 0.230 e. The first kappa shape index (κ1) is 16.4. The number of halogens is 1. The lowest BCUT2D eigenvalue weighted by Crippen LogP contribution is -2.16. The van der Waals surface area contributed by atoms with Gasteiger partial charge < -0.3 is 10.6 Å². The highest BCUT2D eigenvalue weighted by Gasteiger charge is 2.07. The van der Waals surface area contributed by atoms with Crippen molar-refractivity contribution in [2.24, 2.45) is 0 Å². The monoisotopic (exact) mass is 362 g/mol. The molecule has 6 heteroatoms. The Kier molecular flexibility index (Phi) is 6.33. The predicted molar refractivity (Wildman–Crippen MR) is 91.9 cm³/mol. The molecule has 0 aliphatic carbocycles. The molecule has 0 atom stereocenters. The number of anilines is 2. The number of carbonyl (C=O) groups is 1. The quantitative estimate of drug-likeness (QED) is 0.738. The Morgan fingerprint density at radius 3 is 2.55 bits per heavy atom. The van der Waals surface area contributed by atoms with E-state index in [0.29, 0.717) is 12.2 Å². The Morgan fingerprint density at radius 1 is 1.14 bits per heavy atom. The maximum Gasteiger partial charge on any atom is 0.230 e. The summed E-state index contributed by atoms with van der Waals surface area (Å²) in [4.78, 5) is 12.0. The van der Waals surface area contributed by atoms with E-state index in [1.54, 1.807) is 6.07 Å². The molecule has 0 unspecified atom stereocenters. The molecule has 1 aromatic carbocycles. The van der Waals surface area contributed by atoms with Gasteiger partial charge in [-0.05, 0) is 30.2 Å². The molecule has 0 radical (unpaired) electrons. The zero-order chi connectivity index (χ0) is 15.8. The highest BCUT2D eigenvalue weighted by atomic mass is 79.9. The van der Waals surface area contributed by atoms with Gasteiger partial charge in [0.1, 0.15) is 5.82 Å². The van der Waals surface area contributed by atoms with Crippen LogP contribution >= 0.6 is 15.9 Å². The van der Waals surface area contributed by atoms with Gasteiger partial charge in [-0.2, -0.15) is 0 Å². The van der Waals surface area contributed by atoms with Crippen molar-refractivity contribution in [2.45, 2.75) is 26.2 Å². The van der Waals surface area contributed by atoms with Gasteiger partial charge in [-0.15, -0.1) is 10.2 Å². The van der Waals surface area contributed by atoms with E-state index in [9.17, 15) is 4.79 Å². The van der Waals surface area contributed by atoms with Crippen molar-refractivity contribution in [3.63, 3.8) is 0 Å². The molecule has 0 bridgehead atoms. The van der Waals surface area contributed by atoms with Crippen molar-refractivity contribution in [3.8, 4) is 0 Å². The zero-order valence-corrected chi connectivity index (χ0v) is 14.1. The van der Waals surface area contributed by atoms with Crippen molar-refractivity contribution < 1.29 is 4.79 Å². The van der Waals surface area contributed by atoms with E-state index in [1.165, 1.54) is 0 Å². The second kappa shape index (κ2) is 8.48. The number of aromatic nitrogens is 2. The standard InChI is InChI=1S/C16H19BrN4O/c1-2-3-10-18-14-8-9-15(21-20-14)19-16(22)11-12-6-4-5-7-13(12)17/h4-9H,2-3,10-11H2,1H3,(H,18,20)(H,19,21,22). The van der Waals surface area contributed by atoms with E-state index in [1.807, 2.05) is 30.3 Å². The summed E-state index contributed by atoms with van der Waals surface area (Å²) in [5.74, 6) is 1.06. The SMILES string of the molecule is CCCCNc1ccc(NC(=O)Cc2ccccc2Br)nn1. The summed E-state index contributed by atoms with van der Waals surface area (Å²) in [6.07, 6.45) is 2.51. The van der Waals surface area contributed by atoms with Crippen molar-refractivity contribution >= 4 is 33.5 Å². The fraction of sp³-hybridized carbons (Fsp3) is 0.312. The van der Waals surface area contributed by atoms with Crippen molar-refractivity contribution in [2.75, 3.05) is 17.2 Å². The zero-order valence-electron chi connectivity index (χ0n) is 12.5. The van der Waals surface area contributed by atoms with Crippen LogP contribution in [0.3, 0.4) is 0 Å². The average molecular weight is 363 g/mol. The van der Waals surface area contributed by atoms with Crippen molar-refractivity contribution in [1.82, 2.24) is 10.2 Å². The fourth-order valence-corrected chi connectivity index (χ4v) is 2.31. The van der Waals surface area contributed by atoms with Crippen LogP contribution in [0.1, 0.15) is 25.3 Å². The second-order valence-corrected chi connectivity index (χ2v) is 5.75. The minimum Gasteiger partial charge on any atom is -0.369 e. The molecule has 0 aliphatic rings. The second-order valence-electron chi connectivity index (χ2n) is 4.90. The largest absolute Gasteiger partial charge is 0.369 e. The lowest BCUT2D eigenvalue weighted by molar-refractivity contribution is -0.115. The number of unbranched alkanes of at least 4 members (excludes halogenated alkanes) is 1. The van der Waals surface area contributed by atoms with Gasteiger partial charge in [0.05, 0.1) is 6.42 Å². The topological polar surface area (TPSA) is 66.9 Å². The molecule has 0 saturated carbocycles. The van der Waals surface area contributed by atoms with Crippen LogP contribution in [0.15, 0.2) is 40.9 Å². The molecule has 2 aromatic rings. The Labute approximate surface area is 138 Å². The van der Waals surface area contributed by atoms with Gasteiger partial charge in [-0.25, -0.2) is 0 Å². The molecule has 0 fully saturated rings. The normalized spacial score (nSPS) is 10.3. The third-order valence-electron chi connectivity index (χ3n) is 3.08. The van der Waals surface area contributed by atoms with E-state index < -0.39 is 0 Å². The Balaban J connectivity index is 1.88. The number of rotatable bonds is 7. The van der Waals surface area contributed by atoms with E-state index in [-0.39, 0.29) is 5.91 Å². The number of benzene rings is 1. The molecule has 1 aromatic heterocycles. The number of hydrogen-bond acceptors (Lipinski definition) is 4. The highest BCUT2D eigenvalue weighted by Crippen LogP contribution is 2.17. The molecular weight excluding hydrogens is 344 g/mol. The highest BCUT2D eigenvalue weighted by molar-refractivity contribution is 9.10. The Morgan fingerprint density at radius 2 is 1.86 bits per heavy atom. The summed E-state index contributed by atoms with van der Waals surface area (Å²) in [6, 6.07) is 11.2. The number of carbonyl (C=O) groups excluding carboxylic acids is 1. The van der Waals surface area contributed by atoms with Gasteiger partial charge in [0, 0.05) is 11.0 Å². The van der Waals surface area contributed by atoms with Crippen LogP contribution in [-0.4, -0.2) is 22.6 Å². The Hall–Kier alpha value is -1.95. The van der Waals surface area contributed by atoms with Crippen LogP contribution in [0.2, 0.25) is 0 Å². The van der Waals surface area contributed by atoms with Gasteiger partial charge in [0.15, 0.2) is 5.82 Å². The summed E-state index contributed by atoms with van der Waals surface area (Å²) >= 11 is 3.43. The van der Waals surface area contributed by atoms with Crippen LogP contribution in [0.4, 0.5) is 11.6 Å². The van der Waals surface area contributed by atoms with Crippen molar-refractivity contribution in [1.29, 1.82) is 0 Å². The maximum atomic E-state index is 12.0. The fourth-order valence-electron chi connectivity index (χ4n) is 1.89. The molecule has 0 saturated heterocycles. The van der Waals surface area contributed by atoms with Gasteiger partial charge in [-0.1, -0.05) is 47.5 Å². The summed E-state index contributed by atoms with van der Waals surface area (Å²) < 4.78 is 0.923. The molecule has 116 valence electrons. The first-order chi connectivity index (χ1) is 10.7.